The van der Waals surface area contributed by atoms with E-state index in [9.17, 15) is 18.0 Å². The third-order valence-electron chi connectivity index (χ3n) is 5.65. The number of hydrogen-bond donors (Lipinski definition) is 1. The molecule has 1 atom stereocenters. The molecule has 0 spiro atoms. The first-order chi connectivity index (χ1) is 17.5. The fourth-order valence-corrected chi connectivity index (χ4v) is 5.35. The molecule has 1 unspecified atom stereocenters. The van der Waals surface area contributed by atoms with Crippen LogP contribution in [-0.4, -0.2) is 51.0 Å². The second kappa shape index (κ2) is 12.6. The summed E-state index contributed by atoms with van der Waals surface area (Å²) < 4.78 is 26.4. The van der Waals surface area contributed by atoms with E-state index in [1.807, 2.05) is 60.7 Å². The van der Waals surface area contributed by atoms with Gasteiger partial charge in [-0.1, -0.05) is 95.5 Å². The lowest BCUT2D eigenvalue weighted by molar-refractivity contribution is -0.139. The number of halogens is 3. The summed E-state index contributed by atoms with van der Waals surface area (Å²) >= 11 is 18.4. The molecule has 1 N–H and O–H groups in total. The summed E-state index contributed by atoms with van der Waals surface area (Å²) in [5, 5.41) is 2.86. The number of sulfonamides is 1. The number of nitrogens with zero attached hydrogens (tertiary/aromatic N) is 2. The molecule has 0 fully saturated rings. The van der Waals surface area contributed by atoms with Gasteiger partial charge in [0.2, 0.25) is 21.8 Å². The van der Waals surface area contributed by atoms with Crippen molar-refractivity contribution in [3.05, 3.63) is 99.0 Å². The number of rotatable bonds is 10. The number of likely N-dealkylation sites (N-methyl/N-ethyl adjacent to an activating group) is 1. The van der Waals surface area contributed by atoms with Gasteiger partial charge in [0.15, 0.2) is 0 Å². The molecule has 0 aromatic heterocycles. The second-order valence-electron chi connectivity index (χ2n) is 8.31. The van der Waals surface area contributed by atoms with Crippen molar-refractivity contribution in [2.24, 2.45) is 0 Å². The summed E-state index contributed by atoms with van der Waals surface area (Å²) in [5.41, 5.74) is 1.62. The second-order valence-corrected chi connectivity index (χ2v) is 11.4. The molecule has 0 saturated heterocycles. The maximum atomic E-state index is 13.8. The number of anilines is 1. The Balaban J connectivity index is 2.05. The highest BCUT2D eigenvalue weighted by Crippen LogP contribution is 2.35. The van der Waals surface area contributed by atoms with Crippen molar-refractivity contribution in [2.75, 3.05) is 24.2 Å². The van der Waals surface area contributed by atoms with Gasteiger partial charge in [-0.25, -0.2) is 8.42 Å². The highest BCUT2D eigenvalue weighted by atomic mass is 35.5. The minimum absolute atomic E-state index is 0.00568. The van der Waals surface area contributed by atoms with Gasteiger partial charge in [-0.05, 0) is 23.3 Å². The maximum Gasteiger partial charge on any atom is 0.244 e. The number of hydrogen-bond acceptors (Lipinski definition) is 4. The molecular formula is C26H26Cl3N3O4S. The van der Waals surface area contributed by atoms with Crippen molar-refractivity contribution in [2.45, 2.75) is 19.0 Å². The smallest absolute Gasteiger partial charge is 0.244 e. The van der Waals surface area contributed by atoms with Gasteiger partial charge in [-0.2, -0.15) is 0 Å². The van der Waals surface area contributed by atoms with Crippen LogP contribution in [0.5, 0.6) is 0 Å². The Kier molecular flexibility index (Phi) is 9.84. The summed E-state index contributed by atoms with van der Waals surface area (Å²) in [5.74, 6) is -0.979. The first kappa shape index (κ1) is 28.8. The zero-order valence-corrected chi connectivity index (χ0v) is 23.3. The lowest BCUT2D eigenvalue weighted by Gasteiger charge is -2.33. The number of nitrogens with one attached hydrogen (secondary N) is 1. The van der Waals surface area contributed by atoms with E-state index in [4.69, 9.17) is 34.8 Å². The highest BCUT2D eigenvalue weighted by Gasteiger charge is 2.33. The van der Waals surface area contributed by atoms with Crippen LogP contribution in [0.4, 0.5) is 5.69 Å². The van der Waals surface area contributed by atoms with Gasteiger partial charge in [-0.3, -0.25) is 13.9 Å². The largest absolute Gasteiger partial charge is 0.357 e. The van der Waals surface area contributed by atoms with E-state index in [0.29, 0.717) is 0 Å². The van der Waals surface area contributed by atoms with Crippen LogP contribution in [-0.2, 0) is 32.6 Å². The third kappa shape index (κ3) is 7.61. The van der Waals surface area contributed by atoms with Gasteiger partial charge in [0, 0.05) is 20.0 Å². The van der Waals surface area contributed by atoms with E-state index in [0.717, 1.165) is 21.7 Å². The van der Waals surface area contributed by atoms with Crippen LogP contribution in [0.15, 0.2) is 72.8 Å². The Bertz CT molecular complexity index is 1360. The monoisotopic (exact) mass is 581 g/mol. The van der Waals surface area contributed by atoms with Crippen LogP contribution in [0.2, 0.25) is 15.1 Å². The minimum atomic E-state index is -3.98. The average molecular weight is 583 g/mol. The number of benzene rings is 3. The standard InChI is InChI=1S/C26H26Cl3N3O4S/c1-30-26(34)24(13-18-9-5-3-6-10-18)31(16-19-11-7-4-8-12-19)25(33)17-32(37(2,35)36)23-15-21(28)20(27)14-22(23)29/h3-12,14-15,24H,13,16-17H2,1-2H3,(H,30,34). The summed E-state index contributed by atoms with van der Waals surface area (Å²) in [6.07, 6.45) is 1.19. The topological polar surface area (TPSA) is 86.8 Å². The Morgan fingerprint density at radius 3 is 1.95 bits per heavy atom. The minimum Gasteiger partial charge on any atom is -0.357 e. The van der Waals surface area contributed by atoms with Crippen LogP contribution >= 0.6 is 34.8 Å². The number of amides is 2. The van der Waals surface area contributed by atoms with E-state index in [1.54, 1.807) is 0 Å². The Hall–Kier alpha value is -2.78. The Morgan fingerprint density at radius 1 is 0.865 bits per heavy atom. The third-order valence-corrected chi connectivity index (χ3v) is 7.80. The molecule has 3 aromatic carbocycles. The molecule has 0 aliphatic carbocycles. The lowest BCUT2D eigenvalue weighted by Crippen LogP contribution is -2.52. The first-order valence-electron chi connectivity index (χ1n) is 11.2. The van der Waals surface area contributed by atoms with E-state index in [2.05, 4.69) is 5.32 Å². The molecule has 7 nitrogen and oxygen atoms in total. The highest BCUT2D eigenvalue weighted by molar-refractivity contribution is 7.92. The molecule has 3 aromatic rings. The molecule has 2 amide bonds. The molecule has 37 heavy (non-hydrogen) atoms. The zero-order valence-electron chi connectivity index (χ0n) is 20.2. The molecule has 0 saturated carbocycles. The molecular weight excluding hydrogens is 557 g/mol. The van der Waals surface area contributed by atoms with E-state index in [1.165, 1.54) is 24.1 Å². The van der Waals surface area contributed by atoms with Gasteiger partial charge in [0.05, 0.1) is 27.0 Å². The fraction of sp³-hybridized carbons (Fsp3) is 0.231. The van der Waals surface area contributed by atoms with E-state index in [-0.39, 0.29) is 39.6 Å². The van der Waals surface area contributed by atoms with Crippen LogP contribution in [0.3, 0.4) is 0 Å². The number of carbonyl (C=O) groups is 2. The number of carbonyl (C=O) groups excluding carboxylic acids is 2. The first-order valence-corrected chi connectivity index (χ1v) is 14.2. The molecule has 196 valence electrons. The van der Waals surface area contributed by atoms with Gasteiger partial charge in [-0.15, -0.1) is 0 Å². The van der Waals surface area contributed by atoms with Crippen molar-refractivity contribution in [1.82, 2.24) is 10.2 Å². The van der Waals surface area contributed by atoms with Crippen LogP contribution in [0.25, 0.3) is 0 Å². The molecule has 0 radical (unpaired) electrons. The van der Waals surface area contributed by atoms with Gasteiger partial charge in [0.1, 0.15) is 12.6 Å². The lowest BCUT2D eigenvalue weighted by atomic mass is 10.0. The summed E-state index contributed by atoms with van der Waals surface area (Å²) in [7, 11) is -2.49. The van der Waals surface area contributed by atoms with E-state index >= 15 is 0 Å². The van der Waals surface area contributed by atoms with Crippen molar-refractivity contribution in [3.8, 4) is 0 Å². The van der Waals surface area contributed by atoms with Gasteiger partial charge < -0.3 is 10.2 Å². The molecule has 3 rings (SSSR count). The normalized spacial score (nSPS) is 12.0. The molecule has 0 aliphatic rings. The maximum absolute atomic E-state index is 13.8. The molecule has 0 aliphatic heterocycles. The van der Waals surface area contributed by atoms with Gasteiger partial charge in [0.25, 0.3) is 0 Å². The van der Waals surface area contributed by atoms with Crippen molar-refractivity contribution in [1.29, 1.82) is 0 Å². The van der Waals surface area contributed by atoms with Crippen LogP contribution < -0.4 is 9.62 Å². The van der Waals surface area contributed by atoms with Crippen LogP contribution in [0.1, 0.15) is 11.1 Å². The van der Waals surface area contributed by atoms with Crippen molar-refractivity contribution >= 4 is 62.3 Å². The van der Waals surface area contributed by atoms with Crippen molar-refractivity contribution < 1.29 is 18.0 Å². The summed E-state index contributed by atoms with van der Waals surface area (Å²) in [6, 6.07) is 20.1. The molecule has 11 heteroatoms. The fourth-order valence-electron chi connectivity index (χ4n) is 3.80. The molecule has 0 bridgehead atoms. The Labute approximate surface area is 232 Å². The summed E-state index contributed by atoms with van der Waals surface area (Å²) in [4.78, 5) is 28.3. The Morgan fingerprint density at radius 2 is 1.41 bits per heavy atom. The quantitative estimate of drug-likeness (QED) is 0.348. The van der Waals surface area contributed by atoms with Crippen molar-refractivity contribution in [3.63, 3.8) is 0 Å². The SMILES string of the molecule is CNC(=O)C(Cc1ccccc1)N(Cc1ccccc1)C(=O)CN(c1cc(Cl)c(Cl)cc1Cl)S(C)(=O)=O. The zero-order chi connectivity index (χ0) is 27.2. The van der Waals surface area contributed by atoms with Crippen LogP contribution in [0, 0.1) is 0 Å². The van der Waals surface area contributed by atoms with Gasteiger partial charge >= 0.3 is 0 Å². The predicted molar refractivity (Wildman–Crippen MR) is 149 cm³/mol. The summed E-state index contributed by atoms with van der Waals surface area (Å²) in [6.45, 7) is -0.525. The predicted octanol–water partition coefficient (Wildman–Crippen LogP) is 4.80. The van der Waals surface area contributed by atoms with E-state index < -0.39 is 28.5 Å². The molecule has 0 heterocycles. The average Bonchev–Trinajstić information content (AvgIpc) is 2.87.